The predicted octanol–water partition coefficient (Wildman–Crippen LogP) is 1.63. The first-order chi connectivity index (χ1) is 9.78. The summed E-state index contributed by atoms with van der Waals surface area (Å²) in [6.07, 6.45) is 7.20. The lowest BCUT2D eigenvalue weighted by atomic mass is 10.0. The van der Waals surface area contributed by atoms with Gasteiger partial charge in [-0.3, -0.25) is 0 Å². The number of aliphatic hydroxyl groups excluding tert-OH is 1. The van der Waals surface area contributed by atoms with E-state index in [1.807, 2.05) is 0 Å². The van der Waals surface area contributed by atoms with Gasteiger partial charge in [0.1, 0.15) is 0 Å². The molecule has 0 radical (unpaired) electrons. The van der Waals surface area contributed by atoms with Crippen LogP contribution in [0.15, 0.2) is 0 Å². The van der Waals surface area contributed by atoms with E-state index < -0.39 is 0 Å². The Morgan fingerprint density at radius 2 is 2.00 bits per heavy atom. The molecule has 1 aliphatic heterocycles. The van der Waals surface area contributed by atoms with Gasteiger partial charge in [0.25, 0.3) is 0 Å². The Balaban J connectivity index is 1.49. The maximum atomic E-state index is 9.97. The number of likely N-dealkylation sites (tertiary alicyclic amines) is 1. The second kappa shape index (κ2) is 8.98. The van der Waals surface area contributed by atoms with Crippen LogP contribution in [0, 0.1) is 5.92 Å². The molecule has 1 saturated carbocycles. The van der Waals surface area contributed by atoms with E-state index in [9.17, 15) is 5.11 Å². The highest BCUT2D eigenvalue weighted by Gasteiger charge is 2.24. The first-order valence-electron chi connectivity index (χ1n) is 8.49. The molecule has 0 aromatic carbocycles. The Bertz CT molecular complexity index is 251. The molecule has 4 heteroatoms. The lowest BCUT2D eigenvalue weighted by Gasteiger charge is -2.33. The second-order valence-corrected chi connectivity index (χ2v) is 6.51. The molecule has 4 nitrogen and oxygen atoms in total. The maximum Gasteiger partial charge on any atom is 0.0900 e. The summed E-state index contributed by atoms with van der Waals surface area (Å²) in [6, 6.07) is 0.699. The Morgan fingerprint density at radius 1 is 1.25 bits per heavy atom. The summed E-state index contributed by atoms with van der Waals surface area (Å²) < 4.78 is 5.48. The van der Waals surface area contributed by atoms with Crippen LogP contribution in [0.3, 0.4) is 0 Å². The number of piperidine rings is 1. The highest BCUT2D eigenvalue weighted by atomic mass is 16.5. The summed E-state index contributed by atoms with van der Waals surface area (Å²) in [6.45, 7) is 7.62. The van der Waals surface area contributed by atoms with Gasteiger partial charge in [0, 0.05) is 19.2 Å². The fourth-order valence-corrected chi connectivity index (χ4v) is 2.79. The lowest BCUT2D eigenvalue weighted by molar-refractivity contribution is 0.0112. The van der Waals surface area contributed by atoms with Crippen molar-refractivity contribution in [3.05, 3.63) is 0 Å². The van der Waals surface area contributed by atoms with E-state index in [0.717, 1.165) is 45.0 Å². The number of unbranched alkanes of at least 4 members (excludes halogenated alkanes) is 1. The van der Waals surface area contributed by atoms with Gasteiger partial charge in [-0.15, -0.1) is 0 Å². The van der Waals surface area contributed by atoms with E-state index in [4.69, 9.17) is 4.74 Å². The van der Waals surface area contributed by atoms with E-state index in [1.165, 1.54) is 32.2 Å². The van der Waals surface area contributed by atoms with Crippen molar-refractivity contribution in [1.29, 1.82) is 0 Å². The molecule has 0 amide bonds. The minimum Gasteiger partial charge on any atom is -0.389 e. The van der Waals surface area contributed by atoms with Crippen LogP contribution in [0.5, 0.6) is 0 Å². The Morgan fingerprint density at radius 3 is 2.65 bits per heavy atom. The van der Waals surface area contributed by atoms with E-state index in [0.29, 0.717) is 12.6 Å². The maximum absolute atomic E-state index is 9.97. The number of ether oxygens (including phenoxy) is 1. The molecule has 20 heavy (non-hydrogen) atoms. The van der Waals surface area contributed by atoms with E-state index in [-0.39, 0.29) is 6.10 Å². The van der Waals surface area contributed by atoms with Crippen LogP contribution in [0.2, 0.25) is 0 Å². The number of rotatable bonds is 10. The molecule has 2 aliphatic rings. The van der Waals surface area contributed by atoms with Gasteiger partial charge in [0.05, 0.1) is 12.7 Å². The van der Waals surface area contributed by atoms with Crippen LogP contribution >= 0.6 is 0 Å². The molecule has 1 aliphatic carbocycles. The smallest absolute Gasteiger partial charge is 0.0900 e. The number of hydrogen-bond acceptors (Lipinski definition) is 4. The average molecular weight is 284 g/mol. The van der Waals surface area contributed by atoms with E-state index in [2.05, 4.69) is 17.1 Å². The van der Waals surface area contributed by atoms with Crippen LogP contribution < -0.4 is 5.32 Å². The largest absolute Gasteiger partial charge is 0.389 e. The topological polar surface area (TPSA) is 44.7 Å². The molecule has 1 heterocycles. The molecule has 1 saturated heterocycles. The molecular weight excluding hydrogens is 252 g/mol. The van der Waals surface area contributed by atoms with Gasteiger partial charge in [-0.1, -0.05) is 13.3 Å². The van der Waals surface area contributed by atoms with Crippen molar-refractivity contribution in [2.75, 3.05) is 39.4 Å². The van der Waals surface area contributed by atoms with Gasteiger partial charge in [-0.2, -0.15) is 0 Å². The first kappa shape index (κ1) is 16.2. The van der Waals surface area contributed by atoms with Crippen molar-refractivity contribution in [1.82, 2.24) is 10.2 Å². The molecule has 0 aromatic rings. The standard InChI is InChI=1S/C16H32N2O2/c1-2-3-10-20-13-16(19)12-18-8-6-15(7-9-18)17-11-14-4-5-14/h14-17,19H,2-13H2,1H3. The number of aliphatic hydroxyl groups is 1. The van der Waals surface area contributed by atoms with Crippen LogP contribution in [0.4, 0.5) is 0 Å². The van der Waals surface area contributed by atoms with Crippen LogP contribution in [-0.4, -0.2) is 61.5 Å². The predicted molar refractivity (Wildman–Crippen MR) is 81.9 cm³/mol. The van der Waals surface area contributed by atoms with Crippen molar-refractivity contribution >= 4 is 0 Å². The number of nitrogens with one attached hydrogen (secondary N) is 1. The molecule has 2 fully saturated rings. The molecule has 0 bridgehead atoms. The van der Waals surface area contributed by atoms with Crippen LogP contribution in [-0.2, 0) is 4.74 Å². The molecule has 0 spiro atoms. The molecule has 2 rings (SSSR count). The minimum atomic E-state index is -0.331. The third-order valence-electron chi connectivity index (χ3n) is 4.40. The van der Waals surface area contributed by atoms with Gasteiger partial charge in [-0.25, -0.2) is 0 Å². The van der Waals surface area contributed by atoms with Crippen LogP contribution in [0.25, 0.3) is 0 Å². The lowest BCUT2D eigenvalue weighted by Crippen LogP contribution is -2.45. The zero-order valence-electron chi connectivity index (χ0n) is 13.0. The summed E-state index contributed by atoms with van der Waals surface area (Å²) in [4.78, 5) is 2.38. The SMILES string of the molecule is CCCCOCC(O)CN1CCC(NCC2CC2)CC1. The summed E-state index contributed by atoms with van der Waals surface area (Å²) >= 11 is 0. The number of β-amino-alcohol motifs (C(OH)–C–C–N with tert-alkyl or cyclic N) is 1. The van der Waals surface area contributed by atoms with Crippen LogP contribution in [0.1, 0.15) is 45.4 Å². The van der Waals surface area contributed by atoms with Gasteiger partial charge in [0.2, 0.25) is 0 Å². The monoisotopic (exact) mass is 284 g/mol. The number of nitrogens with zero attached hydrogens (tertiary/aromatic N) is 1. The minimum absolute atomic E-state index is 0.331. The Hall–Kier alpha value is -0.160. The van der Waals surface area contributed by atoms with Crippen molar-refractivity contribution in [2.45, 2.75) is 57.6 Å². The van der Waals surface area contributed by atoms with Gasteiger partial charge in [0.15, 0.2) is 0 Å². The quantitative estimate of drug-likeness (QED) is 0.599. The second-order valence-electron chi connectivity index (χ2n) is 6.51. The highest BCUT2D eigenvalue weighted by molar-refractivity contribution is 4.82. The summed E-state index contributed by atoms with van der Waals surface area (Å²) in [5.41, 5.74) is 0. The fraction of sp³-hybridized carbons (Fsp3) is 1.00. The summed E-state index contributed by atoms with van der Waals surface area (Å²) in [5, 5.41) is 13.7. The molecule has 0 aromatic heterocycles. The number of hydrogen-bond donors (Lipinski definition) is 2. The molecule has 1 unspecified atom stereocenters. The zero-order chi connectivity index (χ0) is 14.2. The van der Waals surface area contributed by atoms with Gasteiger partial charge < -0.3 is 20.1 Å². The Kier molecular flexibility index (Phi) is 7.28. The van der Waals surface area contributed by atoms with E-state index in [1.54, 1.807) is 0 Å². The molecular formula is C16H32N2O2. The molecule has 2 N–H and O–H groups in total. The highest BCUT2D eigenvalue weighted by Crippen LogP contribution is 2.28. The van der Waals surface area contributed by atoms with Gasteiger partial charge in [-0.05, 0) is 57.7 Å². The first-order valence-corrected chi connectivity index (χ1v) is 8.49. The third kappa shape index (κ3) is 6.53. The Labute approximate surface area is 123 Å². The average Bonchev–Trinajstić information content (AvgIpc) is 3.27. The third-order valence-corrected chi connectivity index (χ3v) is 4.40. The van der Waals surface area contributed by atoms with Crippen molar-refractivity contribution in [3.63, 3.8) is 0 Å². The van der Waals surface area contributed by atoms with E-state index >= 15 is 0 Å². The van der Waals surface area contributed by atoms with Gasteiger partial charge >= 0.3 is 0 Å². The molecule has 1 atom stereocenters. The van der Waals surface area contributed by atoms with Crippen molar-refractivity contribution in [3.8, 4) is 0 Å². The zero-order valence-corrected chi connectivity index (χ0v) is 13.0. The van der Waals surface area contributed by atoms with Crippen molar-refractivity contribution < 1.29 is 9.84 Å². The molecule has 118 valence electrons. The summed E-state index contributed by atoms with van der Waals surface area (Å²) in [7, 11) is 0. The van der Waals surface area contributed by atoms with Crippen molar-refractivity contribution in [2.24, 2.45) is 5.92 Å². The normalized spacial score (nSPS) is 23.1. The fourth-order valence-electron chi connectivity index (χ4n) is 2.79. The summed E-state index contributed by atoms with van der Waals surface area (Å²) in [5.74, 6) is 0.968.